The maximum absolute atomic E-state index is 12.6. The molecule has 0 aromatic heterocycles. The third kappa shape index (κ3) is 5.81. The van der Waals surface area contributed by atoms with Gasteiger partial charge in [0.05, 0.1) is 0 Å². The zero-order valence-electron chi connectivity index (χ0n) is 6.49. The molecule has 0 N–H and O–H groups in total. The molecule has 0 nitrogen and oxygen atoms in total. The van der Waals surface area contributed by atoms with E-state index in [0.29, 0.717) is 0 Å². The van der Waals surface area contributed by atoms with E-state index in [1.54, 1.807) is 0 Å². The summed E-state index contributed by atoms with van der Waals surface area (Å²) in [5.41, 5.74) is 0. The van der Waals surface area contributed by atoms with Gasteiger partial charge in [0.15, 0.2) is 0 Å². The maximum Gasteiger partial charge on any atom is 0.100 e. The highest BCUT2D eigenvalue weighted by atomic mass is 19.1. The van der Waals surface area contributed by atoms with E-state index in [1.165, 1.54) is 0 Å². The molecule has 0 fully saturated rings. The first-order valence-corrected chi connectivity index (χ1v) is 3.95. The summed E-state index contributed by atoms with van der Waals surface area (Å²) in [7, 11) is 0. The molecular weight excluding hydrogens is 115 g/mol. The van der Waals surface area contributed by atoms with Gasteiger partial charge in [-0.15, -0.1) is 0 Å². The Balaban J connectivity index is 2.95. The number of hydrogen-bond donors (Lipinski definition) is 0. The van der Waals surface area contributed by atoms with Gasteiger partial charge in [0.1, 0.15) is 6.17 Å². The van der Waals surface area contributed by atoms with E-state index in [4.69, 9.17) is 0 Å². The molecule has 9 heavy (non-hydrogen) atoms. The summed E-state index contributed by atoms with van der Waals surface area (Å²) in [6.45, 7) is 4.12. The van der Waals surface area contributed by atoms with Gasteiger partial charge in [-0.1, -0.05) is 33.1 Å². The average molecular weight is 132 g/mol. The van der Waals surface area contributed by atoms with Crippen molar-refractivity contribution in [2.45, 2.75) is 52.1 Å². The van der Waals surface area contributed by atoms with Crippen molar-refractivity contribution in [3.05, 3.63) is 0 Å². The zero-order chi connectivity index (χ0) is 7.11. The number of rotatable bonds is 5. The van der Waals surface area contributed by atoms with E-state index in [2.05, 4.69) is 6.92 Å². The van der Waals surface area contributed by atoms with Crippen LogP contribution in [0.25, 0.3) is 0 Å². The minimum absolute atomic E-state index is 0.532. The van der Waals surface area contributed by atoms with Crippen LogP contribution in [0.5, 0.6) is 0 Å². The van der Waals surface area contributed by atoms with Gasteiger partial charge in [-0.2, -0.15) is 0 Å². The summed E-state index contributed by atoms with van der Waals surface area (Å²) >= 11 is 0. The Morgan fingerprint density at radius 1 is 1.11 bits per heavy atom. The van der Waals surface area contributed by atoms with Crippen LogP contribution in [0.2, 0.25) is 0 Å². The molecule has 0 rings (SSSR count). The lowest BCUT2D eigenvalue weighted by Gasteiger charge is -2.03. The number of halogens is 1. The summed E-state index contributed by atoms with van der Waals surface area (Å²) in [5.74, 6) is 0. The zero-order valence-corrected chi connectivity index (χ0v) is 6.49. The van der Waals surface area contributed by atoms with E-state index in [-0.39, 0.29) is 0 Å². The molecule has 0 saturated carbocycles. The lowest BCUT2D eigenvalue weighted by molar-refractivity contribution is 0.288. The van der Waals surface area contributed by atoms with Gasteiger partial charge in [0.2, 0.25) is 0 Å². The molecular formula is C8H17F. The Kier molecular flexibility index (Phi) is 6.01. The van der Waals surface area contributed by atoms with Crippen molar-refractivity contribution in [3.63, 3.8) is 0 Å². The Labute approximate surface area is 57.5 Å². The fraction of sp³-hybridized carbons (Fsp3) is 1.00. The van der Waals surface area contributed by atoms with Gasteiger partial charge in [-0.05, 0) is 12.8 Å². The SMILES string of the molecule is CCCCC(F)CCC. The Morgan fingerprint density at radius 2 is 1.78 bits per heavy atom. The molecule has 0 radical (unpaired) electrons. The second-order valence-corrected chi connectivity index (χ2v) is 2.53. The number of hydrogen-bond acceptors (Lipinski definition) is 0. The van der Waals surface area contributed by atoms with Gasteiger partial charge in [-0.3, -0.25) is 0 Å². The van der Waals surface area contributed by atoms with E-state index in [9.17, 15) is 4.39 Å². The van der Waals surface area contributed by atoms with E-state index in [1.807, 2.05) is 6.92 Å². The van der Waals surface area contributed by atoms with Crippen LogP contribution in [-0.4, -0.2) is 6.17 Å². The highest BCUT2D eigenvalue weighted by Gasteiger charge is 2.01. The van der Waals surface area contributed by atoms with Gasteiger partial charge >= 0.3 is 0 Å². The lowest BCUT2D eigenvalue weighted by atomic mass is 10.1. The molecule has 0 aliphatic carbocycles. The normalized spacial score (nSPS) is 13.7. The third-order valence-corrected chi connectivity index (χ3v) is 1.47. The summed E-state index contributed by atoms with van der Waals surface area (Å²) in [4.78, 5) is 0. The number of unbranched alkanes of at least 4 members (excludes halogenated alkanes) is 1. The van der Waals surface area contributed by atoms with E-state index < -0.39 is 6.17 Å². The molecule has 0 aromatic carbocycles. The average Bonchev–Trinajstić information content (AvgIpc) is 1.85. The quantitative estimate of drug-likeness (QED) is 0.538. The van der Waals surface area contributed by atoms with Crippen LogP contribution in [0.3, 0.4) is 0 Å². The topological polar surface area (TPSA) is 0 Å². The summed E-state index contributed by atoms with van der Waals surface area (Å²) in [5, 5.41) is 0. The smallest absolute Gasteiger partial charge is 0.100 e. The first-order valence-electron chi connectivity index (χ1n) is 3.95. The van der Waals surface area contributed by atoms with Crippen molar-refractivity contribution in [3.8, 4) is 0 Å². The monoisotopic (exact) mass is 132 g/mol. The van der Waals surface area contributed by atoms with Crippen LogP contribution in [-0.2, 0) is 0 Å². The highest BCUT2D eigenvalue weighted by molar-refractivity contribution is 4.53. The van der Waals surface area contributed by atoms with Crippen LogP contribution in [0.1, 0.15) is 46.0 Å². The summed E-state index contributed by atoms with van der Waals surface area (Å²) in [6, 6.07) is 0. The van der Waals surface area contributed by atoms with E-state index >= 15 is 0 Å². The first-order chi connectivity index (χ1) is 4.31. The molecule has 0 aliphatic heterocycles. The number of alkyl halides is 1. The molecule has 1 unspecified atom stereocenters. The van der Waals surface area contributed by atoms with E-state index in [0.717, 1.165) is 32.1 Å². The minimum atomic E-state index is -0.532. The fourth-order valence-electron chi connectivity index (χ4n) is 0.883. The molecule has 0 saturated heterocycles. The Hall–Kier alpha value is -0.0700. The van der Waals surface area contributed by atoms with Gasteiger partial charge in [0.25, 0.3) is 0 Å². The van der Waals surface area contributed by atoms with Crippen molar-refractivity contribution in [1.29, 1.82) is 0 Å². The summed E-state index contributed by atoms with van der Waals surface area (Å²) in [6.07, 6.45) is 4.12. The van der Waals surface area contributed by atoms with Gasteiger partial charge in [0, 0.05) is 0 Å². The Bertz CT molecular complexity index is 52.5. The van der Waals surface area contributed by atoms with Gasteiger partial charge < -0.3 is 0 Å². The predicted octanol–water partition coefficient (Wildman–Crippen LogP) is 3.31. The molecule has 56 valence electrons. The first kappa shape index (κ1) is 8.93. The predicted molar refractivity (Wildman–Crippen MR) is 39.3 cm³/mol. The largest absolute Gasteiger partial charge is 0.247 e. The fourth-order valence-corrected chi connectivity index (χ4v) is 0.883. The highest BCUT2D eigenvalue weighted by Crippen LogP contribution is 2.09. The van der Waals surface area contributed by atoms with Gasteiger partial charge in [-0.25, -0.2) is 4.39 Å². The molecule has 0 heterocycles. The van der Waals surface area contributed by atoms with Crippen molar-refractivity contribution in [2.24, 2.45) is 0 Å². The second-order valence-electron chi connectivity index (χ2n) is 2.53. The molecule has 1 heteroatoms. The van der Waals surface area contributed by atoms with Crippen molar-refractivity contribution >= 4 is 0 Å². The summed E-state index contributed by atoms with van der Waals surface area (Å²) < 4.78 is 12.6. The van der Waals surface area contributed by atoms with Crippen molar-refractivity contribution in [2.75, 3.05) is 0 Å². The Morgan fingerprint density at radius 3 is 2.22 bits per heavy atom. The molecule has 1 atom stereocenters. The van der Waals surface area contributed by atoms with Crippen molar-refractivity contribution < 1.29 is 4.39 Å². The molecule has 0 amide bonds. The van der Waals surface area contributed by atoms with Crippen LogP contribution in [0.15, 0.2) is 0 Å². The third-order valence-electron chi connectivity index (χ3n) is 1.47. The van der Waals surface area contributed by atoms with Crippen LogP contribution < -0.4 is 0 Å². The van der Waals surface area contributed by atoms with Crippen LogP contribution in [0.4, 0.5) is 4.39 Å². The molecule has 0 aromatic rings. The lowest BCUT2D eigenvalue weighted by Crippen LogP contribution is -1.97. The molecule has 0 aliphatic rings. The minimum Gasteiger partial charge on any atom is -0.247 e. The van der Waals surface area contributed by atoms with Crippen LogP contribution in [0, 0.1) is 0 Å². The second kappa shape index (κ2) is 6.06. The van der Waals surface area contributed by atoms with Crippen LogP contribution >= 0.6 is 0 Å². The van der Waals surface area contributed by atoms with Crippen molar-refractivity contribution in [1.82, 2.24) is 0 Å². The molecule has 0 spiro atoms. The molecule has 0 bridgehead atoms. The maximum atomic E-state index is 12.6. The standard InChI is InChI=1S/C8H17F/c1-3-5-7-8(9)6-4-2/h8H,3-7H2,1-2H3.